The van der Waals surface area contributed by atoms with E-state index in [1.807, 2.05) is 6.07 Å². The third-order valence-electron chi connectivity index (χ3n) is 3.59. The molecule has 2 N–H and O–H groups in total. The molecule has 1 aliphatic rings. The number of amides is 3. The number of rotatable bonds is 4. The molecule has 0 saturated heterocycles. The largest absolute Gasteiger partial charge is 0.481 e. The fourth-order valence-corrected chi connectivity index (χ4v) is 2.37. The Hall–Kier alpha value is -2.55. The van der Waals surface area contributed by atoms with Gasteiger partial charge in [-0.1, -0.05) is 12.8 Å². The second-order valence-corrected chi connectivity index (χ2v) is 5.34. The van der Waals surface area contributed by atoms with Crippen molar-refractivity contribution in [3.05, 3.63) is 29.8 Å². The topological polar surface area (TPSA) is 91.2 Å². The molecule has 22 heavy (non-hydrogen) atoms. The van der Waals surface area contributed by atoms with Crippen LogP contribution in [0.15, 0.2) is 24.3 Å². The van der Waals surface area contributed by atoms with Gasteiger partial charge in [-0.25, -0.2) is 4.79 Å². The standard InChI is InChI=1S/C16H19N3O3/c1-11(22-14-8-6-12(10-17)7-9-14)15(20)19-16(21)18-13-4-2-3-5-13/h6-9,11,13H,2-5H2,1H3,(H2,18,19,20,21)/t11-/m1/s1. The second-order valence-electron chi connectivity index (χ2n) is 5.34. The maximum absolute atomic E-state index is 11.9. The minimum Gasteiger partial charge on any atom is -0.481 e. The van der Waals surface area contributed by atoms with Crippen LogP contribution in [0.2, 0.25) is 0 Å². The molecule has 1 aromatic carbocycles. The van der Waals surface area contributed by atoms with Gasteiger partial charge in [-0.2, -0.15) is 5.26 Å². The highest BCUT2D eigenvalue weighted by Crippen LogP contribution is 2.17. The average molecular weight is 301 g/mol. The van der Waals surface area contributed by atoms with Crippen LogP contribution in [-0.2, 0) is 4.79 Å². The number of nitrogens with zero attached hydrogens (tertiary/aromatic N) is 1. The van der Waals surface area contributed by atoms with Crippen LogP contribution in [-0.4, -0.2) is 24.1 Å². The van der Waals surface area contributed by atoms with Gasteiger partial charge in [0.15, 0.2) is 6.10 Å². The van der Waals surface area contributed by atoms with E-state index in [1.165, 1.54) is 0 Å². The molecule has 1 atom stereocenters. The number of ether oxygens (including phenoxy) is 1. The summed E-state index contributed by atoms with van der Waals surface area (Å²) in [6.07, 6.45) is 3.33. The zero-order valence-corrected chi connectivity index (χ0v) is 12.5. The van der Waals surface area contributed by atoms with Gasteiger partial charge < -0.3 is 10.1 Å². The average Bonchev–Trinajstić information content (AvgIpc) is 3.00. The third kappa shape index (κ3) is 4.48. The monoisotopic (exact) mass is 301 g/mol. The molecular weight excluding hydrogens is 282 g/mol. The lowest BCUT2D eigenvalue weighted by Crippen LogP contribution is -2.47. The van der Waals surface area contributed by atoms with Crippen molar-refractivity contribution >= 4 is 11.9 Å². The quantitative estimate of drug-likeness (QED) is 0.891. The van der Waals surface area contributed by atoms with Crippen molar-refractivity contribution in [2.24, 2.45) is 0 Å². The first-order valence-corrected chi connectivity index (χ1v) is 7.36. The molecule has 3 amide bonds. The molecule has 0 heterocycles. The normalized spacial score (nSPS) is 15.6. The predicted octanol–water partition coefficient (Wildman–Crippen LogP) is 2.09. The summed E-state index contributed by atoms with van der Waals surface area (Å²) in [5.74, 6) is -0.0299. The van der Waals surface area contributed by atoms with Gasteiger partial charge in [0.1, 0.15) is 5.75 Å². The van der Waals surface area contributed by atoms with E-state index in [0.29, 0.717) is 11.3 Å². The minimum absolute atomic E-state index is 0.155. The van der Waals surface area contributed by atoms with Crippen molar-refractivity contribution < 1.29 is 14.3 Å². The van der Waals surface area contributed by atoms with Gasteiger partial charge in [-0.15, -0.1) is 0 Å². The number of hydrogen-bond acceptors (Lipinski definition) is 4. The lowest BCUT2D eigenvalue weighted by molar-refractivity contribution is -0.126. The van der Waals surface area contributed by atoms with Gasteiger partial charge in [0.25, 0.3) is 5.91 Å². The zero-order chi connectivity index (χ0) is 15.9. The number of carbonyl (C=O) groups excluding carboxylic acids is 2. The van der Waals surface area contributed by atoms with E-state index in [4.69, 9.17) is 10.00 Å². The van der Waals surface area contributed by atoms with Gasteiger partial charge in [0.05, 0.1) is 11.6 Å². The number of nitriles is 1. The highest BCUT2D eigenvalue weighted by Gasteiger charge is 2.21. The fraction of sp³-hybridized carbons (Fsp3) is 0.438. The second kappa shape index (κ2) is 7.46. The summed E-state index contributed by atoms with van der Waals surface area (Å²) in [6.45, 7) is 1.57. The maximum atomic E-state index is 11.9. The molecule has 6 heteroatoms. The summed E-state index contributed by atoms with van der Waals surface area (Å²) in [5, 5.41) is 13.8. The van der Waals surface area contributed by atoms with E-state index in [9.17, 15) is 9.59 Å². The number of nitrogens with one attached hydrogen (secondary N) is 2. The molecule has 1 saturated carbocycles. The van der Waals surface area contributed by atoms with Crippen molar-refractivity contribution in [2.75, 3.05) is 0 Å². The third-order valence-corrected chi connectivity index (χ3v) is 3.59. The first kappa shape index (κ1) is 15.8. The Morgan fingerprint density at radius 2 is 1.91 bits per heavy atom. The summed E-state index contributed by atoms with van der Waals surface area (Å²) >= 11 is 0. The molecule has 0 aliphatic heterocycles. The molecule has 2 rings (SSSR count). The van der Waals surface area contributed by atoms with Crippen molar-refractivity contribution in [3.63, 3.8) is 0 Å². The Balaban J connectivity index is 1.80. The summed E-state index contributed by atoms with van der Waals surface area (Å²) in [6, 6.07) is 8.11. The van der Waals surface area contributed by atoms with Gasteiger partial charge in [0, 0.05) is 6.04 Å². The molecule has 1 aromatic rings. The maximum Gasteiger partial charge on any atom is 0.321 e. The fourth-order valence-electron chi connectivity index (χ4n) is 2.37. The van der Waals surface area contributed by atoms with Crippen LogP contribution in [0.25, 0.3) is 0 Å². The number of carbonyl (C=O) groups is 2. The number of hydrogen-bond donors (Lipinski definition) is 2. The Labute approximate surface area is 129 Å². The van der Waals surface area contributed by atoms with Crippen LogP contribution < -0.4 is 15.4 Å². The van der Waals surface area contributed by atoms with E-state index < -0.39 is 18.0 Å². The van der Waals surface area contributed by atoms with Gasteiger partial charge >= 0.3 is 6.03 Å². The lowest BCUT2D eigenvalue weighted by atomic mass is 10.2. The number of urea groups is 1. The Bertz CT molecular complexity index is 571. The van der Waals surface area contributed by atoms with Crippen LogP contribution in [0, 0.1) is 11.3 Å². The summed E-state index contributed by atoms with van der Waals surface area (Å²) in [5.41, 5.74) is 0.514. The zero-order valence-electron chi connectivity index (χ0n) is 12.5. The molecule has 6 nitrogen and oxygen atoms in total. The molecule has 1 aliphatic carbocycles. The van der Waals surface area contributed by atoms with Crippen LogP contribution in [0.4, 0.5) is 4.79 Å². The summed E-state index contributed by atoms with van der Waals surface area (Å²) in [4.78, 5) is 23.6. The Morgan fingerprint density at radius 1 is 1.27 bits per heavy atom. The van der Waals surface area contributed by atoms with Crippen molar-refractivity contribution in [2.45, 2.75) is 44.8 Å². The number of benzene rings is 1. The first-order chi connectivity index (χ1) is 10.6. The SMILES string of the molecule is C[C@@H](Oc1ccc(C#N)cc1)C(=O)NC(=O)NC1CCCC1. The molecule has 116 valence electrons. The van der Waals surface area contributed by atoms with E-state index in [-0.39, 0.29) is 6.04 Å². The molecule has 0 radical (unpaired) electrons. The van der Waals surface area contributed by atoms with Crippen molar-refractivity contribution in [1.82, 2.24) is 10.6 Å². The molecule has 1 fully saturated rings. The van der Waals surface area contributed by atoms with Crippen molar-refractivity contribution in [1.29, 1.82) is 5.26 Å². The minimum atomic E-state index is -0.803. The van der Waals surface area contributed by atoms with Crippen LogP contribution in [0.3, 0.4) is 0 Å². The van der Waals surface area contributed by atoms with Gasteiger partial charge in [-0.3, -0.25) is 10.1 Å². The highest BCUT2D eigenvalue weighted by atomic mass is 16.5. The molecule has 0 spiro atoms. The Morgan fingerprint density at radius 3 is 2.50 bits per heavy atom. The lowest BCUT2D eigenvalue weighted by Gasteiger charge is -2.16. The molecule has 0 bridgehead atoms. The molecule has 0 aromatic heterocycles. The van der Waals surface area contributed by atoms with Crippen LogP contribution >= 0.6 is 0 Å². The van der Waals surface area contributed by atoms with E-state index in [1.54, 1.807) is 31.2 Å². The smallest absolute Gasteiger partial charge is 0.321 e. The van der Waals surface area contributed by atoms with E-state index >= 15 is 0 Å². The molecule has 0 unspecified atom stereocenters. The van der Waals surface area contributed by atoms with Gasteiger partial charge in [-0.05, 0) is 44.0 Å². The van der Waals surface area contributed by atoms with Crippen molar-refractivity contribution in [3.8, 4) is 11.8 Å². The Kier molecular flexibility index (Phi) is 5.37. The first-order valence-electron chi connectivity index (χ1n) is 7.36. The van der Waals surface area contributed by atoms with E-state index in [0.717, 1.165) is 25.7 Å². The summed E-state index contributed by atoms with van der Waals surface area (Å²) in [7, 11) is 0. The van der Waals surface area contributed by atoms with Gasteiger partial charge in [0.2, 0.25) is 0 Å². The number of imide groups is 1. The van der Waals surface area contributed by atoms with Crippen LogP contribution in [0.1, 0.15) is 38.2 Å². The summed E-state index contributed by atoms with van der Waals surface area (Å²) < 4.78 is 5.45. The highest BCUT2D eigenvalue weighted by molar-refractivity contribution is 5.96. The van der Waals surface area contributed by atoms with E-state index in [2.05, 4.69) is 10.6 Å². The molecular formula is C16H19N3O3. The predicted molar refractivity (Wildman–Crippen MR) is 80.2 cm³/mol. The van der Waals surface area contributed by atoms with Crippen LogP contribution in [0.5, 0.6) is 5.75 Å².